The third kappa shape index (κ3) is 31.2. The Morgan fingerprint density at radius 3 is 0.969 bits per heavy atom. The topological polar surface area (TPSA) is 58.9 Å². The summed E-state index contributed by atoms with van der Waals surface area (Å²) in [5.41, 5.74) is 0. The Balaban J connectivity index is 2.98. The molecule has 0 bridgehead atoms. The van der Waals surface area contributed by atoms with Gasteiger partial charge in [0.2, 0.25) is 0 Å². The maximum atomic E-state index is 8.69. The van der Waals surface area contributed by atoms with Crippen molar-refractivity contribution in [1.29, 1.82) is 0 Å². The molecule has 0 rings (SSSR count). The van der Waals surface area contributed by atoms with Gasteiger partial charge in [0.05, 0.1) is 13.2 Å². The molecule has 8 heteroatoms. The van der Waals surface area contributed by atoms with Gasteiger partial charge in [-0.3, -0.25) is 0 Å². The van der Waals surface area contributed by atoms with Gasteiger partial charge >= 0.3 is 0 Å². The molecular weight excluding hydrogens is 481 g/mol. The summed E-state index contributed by atoms with van der Waals surface area (Å²) in [6.45, 7) is 3.84. The molecule has 0 atom stereocenters. The van der Waals surface area contributed by atoms with Gasteiger partial charge < -0.3 is 19.7 Å². The van der Waals surface area contributed by atoms with Gasteiger partial charge in [-0.05, 0) is 98.7 Å². The molecule has 0 fully saturated rings. The molecule has 0 aromatic carbocycles. The highest BCUT2D eigenvalue weighted by Crippen LogP contribution is 2.14. The quantitative estimate of drug-likeness (QED) is 0.117. The molecule has 0 aliphatic rings. The molecule has 0 aromatic rings. The van der Waals surface area contributed by atoms with E-state index in [1.807, 2.05) is 23.5 Å². The van der Waals surface area contributed by atoms with Crippen LogP contribution in [0.25, 0.3) is 0 Å². The summed E-state index contributed by atoms with van der Waals surface area (Å²) < 4.78 is 11.1. The minimum Gasteiger partial charge on any atom is -0.396 e. The lowest BCUT2D eigenvalue weighted by atomic mass is 10.3. The van der Waals surface area contributed by atoms with Crippen LogP contribution in [-0.2, 0) is 9.47 Å². The lowest BCUT2D eigenvalue weighted by molar-refractivity contribution is 0.139. The summed E-state index contributed by atoms with van der Waals surface area (Å²) in [4.78, 5) is 0. The van der Waals surface area contributed by atoms with Crippen LogP contribution in [0, 0.1) is 0 Å². The molecule has 32 heavy (non-hydrogen) atoms. The molecule has 0 saturated carbocycles. The molecule has 0 spiro atoms. The lowest BCUT2D eigenvalue weighted by Gasteiger charge is -2.05. The predicted octanol–water partition coefficient (Wildman–Crippen LogP) is 5.84. The van der Waals surface area contributed by atoms with Crippen LogP contribution in [-0.4, -0.2) is 95.9 Å². The second-order valence-electron chi connectivity index (χ2n) is 7.66. The third-order valence-electron chi connectivity index (χ3n) is 4.62. The van der Waals surface area contributed by atoms with E-state index < -0.39 is 0 Å². The Labute approximate surface area is 215 Å². The van der Waals surface area contributed by atoms with Crippen LogP contribution in [0.5, 0.6) is 0 Å². The average Bonchev–Trinajstić information content (AvgIpc) is 2.81. The van der Waals surface area contributed by atoms with E-state index >= 15 is 0 Å². The molecule has 4 nitrogen and oxygen atoms in total. The molecule has 0 aliphatic heterocycles. The fourth-order valence-electron chi connectivity index (χ4n) is 2.70. The van der Waals surface area contributed by atoms with E-state index in [0.717, 1.165) is 63.6 Å². The van der Waals surface area contributed by atoms with Crippen LogP contribution in [0.2, 0.25) is 0 Å². The van der Waals surface area contributed by atoms with Crippen LogP contribution < -0.4 is 0 Å². The third-order valence-corrected chi connectivity index (χ3v) is 8.99. The number of ether oxygens (including phenoxy) is 2. The van der Waals surface area contributed by atoms with Gasteiger partial charge in [0.25, 0.3) is 0 Å². The number of aliphatic hydroxyl groups is 2. The fourth-order valence-corrected chi connectivity index (χ4v) is 6.44. The summed E-state index contributed by atoms with van der Waals surface area (Å²) in [6.07, 6.45) is 11.7. The predicted molar refractivity (Wildman–Crippen MR) is 151 cm³/mol. The molecule has 2 N–H and O–H groups in total. The summed E-state index contributed by atoms with van der Waals surface area (Å²) >= 11 is 8.28. The van der Waals surface area contributed by atoms with Crippen molar-refractivity contribution in [3.8, 4) is 0 Å². The molecule has 0 radical (unpaired) electrons. The maximum absolute atomic E-state index is 8.69. The summed E-state index contributed by atoms with van der Waals surface area (Å²) in [5.74, 6) is 10.0. The van der Waals surface area contributed by atoms with Crippen molar-refractivity contribution in [2.45, 2.75) is 64.2 Å². The average molecular weight is 531 g/mol. The number of rotatable bonds is 29. The normalized spacial score (nSPS) is 11.4. The Morgan fingerprint density at radius 1 is 0.344 bits per heavy atom. The van der Waals surface area contributed by atoms with Gasteiger partial charge in [-0.1, -0.05) is 0 Å². The zero-order chi connectivity index (χ0) is 23.2. The summed E-state index contributed by atoms with van der Waals surface area (Å²) in [6, 6.07) is 0. The number of unbranched alkanes of at least 4 members (excludes halogenated alkanes) is 5. The van der Waals surface area contributed by atoms with E-state index in [4.69, 9.17) is 19.7 Å². The monoisotopic (exact) mass is 530 g/mol. The SMILES string of the molecule is OCCCCOCCSCCCCSCCCCSCCCCSCCOCCCCO. The molecule has 0 aliphatic carbocycles. The number of hydrogen-bond donors (Lipinski definition) is 2. The van der Waals surface area contributed by atoms with Crippen molar-refractivity contribution in [3.05, 3.63) is 0 Å². The van der Waals surface area contributed by atoms with E-state index in [2.05, 4.69) is 23.5 Å². The van der Waals surface area contributed by atoms with Crippen LogP contribution in [0.1, 0.15) is 64.2 Å². The fraction of sp³-hybridized carbons (Fsp3) is 1.00. The van der Waals surface area contributed by atoms with E-state index in [0.29, 0.717) is 0 Å². The van der Waals surface area contributed by atoms with Crippen molar-refractivity contribution in [2.75, 3.05) is 85.7 Å². The standard InChI is InChI=1S/C24H50O4S4/c25-11-1-3-13-27-15-23-31-21-9-7-19-29-17-5-6-18-30-20-8-10-22-32-24-16-28-14-4-2-12-26/h25-26H,1-24H2. The molecule has 0 aromatic heterocycles. The smallest absolute Gasteiger partial charge is 0.0556 e. The minimum absolute atomic E-state index is 0.279. The highest BCUT2D eigenvalue weighted by molar-refractivity contribution is 8.00. The zero-order valence-corrected chi connectivity index (χ0v) is 23.6. The molecule has 194 valence electrons. The second kappa shape index (κ2) is 32.2. The van der Waals surface area contributed by atoms with Gasteiger partial charge in [-0.15, -0.1) is 0 Å². The first-order valence-corrected chi connectivity index (χ1v) is 17.2. The van der Waals surface area contributed by atoms with Crippen LogP contribution in [0.4, 0.5) is 0 Å². The zero-order valence-electron chi connectivity index (χ0n) is 20.3. The van der Waals surface area contributed by atoms with Gasteiger partial charge in [0.1, 0.15) is 0 Å². The van der Waals surface area contributed by atoms with Crippen LogP contribution in [0.3, 0.4) is 0 Å². The molecule has 0 heterocycles. The van der Waals surface area contributed by atoms with Crippen LogP contribution >= 0.6 is 47.0 Å². The van der Waals surface area contributed by atoms with Crippen molar-refractivity contribution < 1.29 is 19.7 Å². The summed E-state index contributed by atoms with van der Waals surface area (Å²) in [7, 11) is 0. The van der Waals surface area contributed by atoms with Crippen molar-refractivity contribution in [3.63, 3.8) is 0 Å². The Hall–Kier alpha value is 1.24. The Kier molecular flexibility index (Phi) is 33.5. The van der Waals surface area contributed by atoms with Gasteiger partial charge in [-0.2, -0.15) is 47.0 Å². The highest BCUT2D eigenvalue weighted by Gasteiger charge is 1.96. The second-order valence-corrected chi connectivity index (χ2v) is 12.6. The highest BCUT2D eigenvalue weighted by atomic mass is 32.2. The van der Waals surface area contributed by atoms with Crippen molar-refractivity contribution in [1.82, 2.24) is 0 Å². The molecule has 0 saturated heterocycles. The molecule has 0 amide bonds. The van der Waals surface area contributed by atoms with Crippen molar-refractivity contribution in [2.24, 2.45) is 0 Å². The minimum atomic E-state index is 0.279. The first-order chi connectivity index (χ1) is 15.9. The van der Waals surface area contributed by atoms with Gasteiger partial charge in [0.15, 0.2) is 0 Å². The molecular formula is C24H50O4S4. The van der Waals surface area contributed by atoms with E-state index in [9.17, 15) is 0 Å². The maximum Gasteiger partial charge on any atom is 0.0556 e. The van der Waals surface area contributed by atoms with Crippen LogP contribution in [0.15, 0.2) is 0 Å². The van der Waals surface area contributed by atoms with Gasteiger partial charge in [0, 0.05) is 37.9 Å². The first-order valence-electron chi connectivity index (χ1n) is 12.6. The number of aliphatic hydroxyl groups excluding tert-OH is 2. The first kappa shape index (κ1) is 33.2. The number of thioether (sulfide) groups is 4. The lowest BCUT2D eigenvalue weighted by Crippen LogP contribution is -2.00. The largest absolute Gasteiger partial charge is 0.396 e. The van der Waals surface area contributed by atoms with E-state index in [1.54, 1.807) is 0 Å². The Morgan fingerprint density at radius 2 is 0.656 bits per heavy atom. The molecule has 0 unspecified atom stereocenters. The Bertz CT molecular complexity index is 298. The number of hydrogen-bond acceptors (Lipinski definition) is 8. The van der Waals surface area contributed by atoms with E-state index in [1.165, 1.54) is 73.0 Å². The van der Waals surface area contributed by atoms with Crippen molar-refractivity contribution >= 4 is 47.0 Å². The van der Waals surface area contributed by atoms with E-state index in [-0.39, 0.29) is 13.2 Å². The van der Waals surface area contributed by atoms with Gasteiger partial charge in [-0.25, -0.2) is 0 Å². The summed E-state index contributed by atoms with van der Waals surface area (Å²) in [5, 5.41) is 17.4.